The standard InChI is InChI=1S/C30H27N3OS/c1-3-21-13-16-24(17-14-21)31-20(2)32-30(34)23-15-18-28-26(19-23)33-29(22-9-5-4-6-10-22)25-11-7-8-12-27(25)35-28/h4-20,31H,3H2,1-2H3,(H,32,34). The molecule has 0 aliphatic carbocycles. The maximum Gasteiger partial charge on any atom is 0.252 e. The number of carbonyl (C=O) groups is 1. The van der Waals surface area contributed by atoms with Gasteiger partial charge < -0.3 is 10.6 Å². The molecule has 0 bridgehead atoms. The van der Waals surface area contributed by atoms with E-state index in [1.54, 1.807) is 11.8 Å². The fourth-order valence-corrected chi connectivity index (χ4v) is 5.10. The van der Waals surface area contributed by atoms with Gasteiger partial charge in [0.05, 0.1) is 17.6 Å². The average molecular weight is 478 g/mol. The van der Waals surface area contributed by atoms with E-state index in [0.717, 1.165) is 44.4 Å². The summed E-state index contributed by atoms with van der Waals surface area (Å²) in [5, 5.41) is 6.39. The van der Waals surface area contributed by atoms with E-state index in [9.17, 15) is 4.79 Å². The molecular weight excluding hydrogens is 450 g/mol. The van der Waals surface area contributed by atoms with Gasteiger partial charge in [-0.15, -0.1) is 0 Å². The molecule has 0 saturated heterocycles. The third-order valence-electron chi connectivity index (χ3n) is 5.96. The van der Waals surface area contributed by atoms with E-state index in [4.69, 9.17) is 4.99 Å². The number of aliphatic imine (C=N–C) groups is 1. The van der Waals surface area contributed by atoms with Gasteiger partial charge in [0.15, 0.2) is 0 Å². The highest BCUT2D eigenvalue weighted by molar-refractivity contribution is 7.99. The molecular formula is C30H27N3OS. The molecule has 2 N–H and O–H groups in total. The normalized spacial score (nSPS) is 13.0. The highest BCUT2D eigenvalue weighted by atomic mass is 32.2. The number of nitrogens with zero attached hydrogens (tertiary/aromatic N) is 1. The van der Waals surface area contributed by atoms with E-state index < -0.39 is 0 Å². The topological polar surface area (TPSA) is 53.5 Å². The maximum absolute atomic E-state index is 13.1. The Kier molecular flexibility index (Phi) is 6.68. The van der Waals surface area contributed by atoms with Crippen molar-refractivity contribution < 1.29 is 4.79 Å². The van der Waals surface area contributed by atoms with Gasteiger partial charge in [0.25, 0.3) is 5.91 Å². The van der Waals surface area contributed by atoms with Gasteiger partial charge >= 0.3 is 0 Å². The van der Waals surface area contributed by atoms with Gasteiger partial charge in [-0.25, -0.2) is 4.99 Å². The highest BCUT2D eigenvalue weighted by Gasteiger charge is 2.20. The number of nitrogens with one attached hydrogen (secondary N) is 2. The maximum atomic E-state index is 13.1. The van der Waals surface area contributed by atoms with Crippen molar-refractivity contribution in [2.75, 3.05) is 5.32 Å². The van der Waals surface area contributed by atoms with Gasteiger partial charge in [-0.3, -0.25) is 4.79 Å². The van der Waals surface area contributed by atoms with Crippen molar-refractivity contribution in [2.45, 2.75) is 36.2 Å². The summed E-state index contributed by atoms with van der Waals surface area (Å²) in [6.45, 7) is 4.07. The van der Waals surface area contributed by atoms with Gasteiger partial charge in [0.2, 0.25) is 0 Å². The molecule has 4 aromatic carbocycles. The first-order valence-electron chi connectivity index (χ1n) is 11.8. The molecule has 1 atom stereocenters. The van der Waals surface area contributed by atoms with E-state index in [1.807, 2.05) is 67.6 Å². The van der Waals surface area contributed by atoms with Crippen molar-refractivity contribution >= 4 is 34.8 Å². The van der Waals surface area contributed by atoms with E-state index in [-0.39, 0.29) is 12.1 Å². The molecule has 0 radical (unpaired) electrons. The molecule has 1 unspecified atom stereocenters. The van der Waals surface area contributed by atoms with Gasteiger partial charge in [-0.1, -0.05) is 79.3 Å². The molecule has 4 aromatic rings. The van der Waals surface area contributed by atoms with Crippen molar-refractivity contribution in [3.05, 3.63) is 119 Å². The summed E-state index contributed by atoms with van der Waals surface area (Å²) in [5.74, 6) is -0.138. The zero-order valence-electron chi connectivity index (χ0n) is 19.8. The second-order valence-electron chi connectivity index (χ2n) is 8.50. The molecule has 0 saturated carbocycles. The zero-order valence-corrected chi connectivity index (χ0v) is 20.6. The Labute approximate surface area is 210 Å². The lowest BCUT2D eigenvalue weighted by atomic mass is 10.0. The molecule has 5 heteroatoms. The third kappa shape index (κ3) is 5.15. The van der Waals surface area contributed by atoms with Crippen molar-refractivity contribution in [1.29, 1.82) is 0 Å². The second kappa shape index (κ2) is 10.2. The van der Waals surface area contributed by atoms with Crippen LogP contribution in [-0.2, 0) is 6.42 Å². The molecule has 5 rings (SSSR count). The van der Waals surface area contributed by atoms with Crippen molar-refractivity contribution in [2.24, 2.45) is 4.99 Å². The number of hydrogen-bond donors (Lipinski definition) is 2. The minimum absolute atomic E-state index is 0.138. The first-order chi connectivity index (χ1) is 17.1. The van der Waals surface area contributed by atoms with E-state index >= 15 is 0 Å². The summed E-state index contributed by atoms with van der Waals surface area (Å²) in [7, 11) is 0. The predicted molar refractivity (Wildman–Crippen MR) is 145 cm³/mol. The fourth-order valence-electron chi connectivity index (χ4n) is 4.10. The molecule has 1 amide bonds. The van der Waals surface area contributed by atoms with Crippen molar-refractivity contribution in [3.63, 3.8) is 0 Å². The van der Waals surface area contributed by atoms with Crippen LogP contribution in [0.3, 0.4) is 0 Å². The number of aryl methyl sites for hydroxylation is 1. The quantitative estimate of drug-likeness (QED) is 0.257. The number of fused-ring (bicyclic) bond motifs is 2. The van der Waals surface area contributed by atoms with E-state index in [0.29, 0.717) is 5.56 Å². The van der Waals surface area contributed by atoms with Gasteiger partial charge in [0.1, 0.15) is 0 Å². The summed E-state index contributed by atoms with van der Waals surface area (Å²) in [5.41, 5.74) is 6.70. The predicted octanol–water partition coefficient (Wildman–Crippen LogP) is 7.07. The van der Waals surface area contributed by atoms with Crippen LogP contribution in [0.2, 0.25) is 0 Å². The number of anilines is 1. The van der Waals surface area contributed by atoms with Crippen LogP contribution in [0.4, 0.5) is 11.4 Å². The Bertz CT molecular complexity index is 1380. The Morgan fingerprint density at radius 3 is 2.40 bits per heavy atom. The largest absolute Gasteiger partial charge is 0.366 e. The summed E-state index contributed by atoms with van der Waals surface area (Å²) in [6, 6.07) is 32.5. The monoisotopic (exact) mass is 477 g/mol. The second-order valence-corrected chi connectivity index (χ2v) is 9.58. The van der Waals surface area contributed by atoms with E-state index in [2.05, 4.69) is 54.0 Å². The minimum Gasteiger partial charge on any atom is -0.366 e. The molecule has 1 heterocycles. The Balaban J connectivity index is 1.41. The summed E-state index contributed by atoms with van der Waals surface area (Å²) >= 11 is 1.68. The molecule has 0 fully saturated rings. The molecule has 1 aliphatic rings. The van der Waals surface area contributed by atoms with Crippen LogP contribution in [0.5, 0.6) is 0 Å². The van der Waals surface area contributed by atoms with Crippen LogP contribution >= 0.6 is 11.8 Å². The van der Waals surface area contributed by atoms with Crippen LogP contribution in [0.25, 0.3) is 0 Å². The molecule has 4 nitrogen and oxygen atoms in total. The van der Waals surface area contributed by atoms with Crippen molar-refractivity contribution in [3.8, 4) is 0 Å². The first-order valence-corrected chi connectivity index (χ1v) is 12.6. The number of rotatable bonds is 6. The lowest BCUT2D eigenvalue weighted by Gasteiger charge is -2.17. The average Bonchev–Trinajstić information content (AvgIpc) is 3.06. The zero-order chi connectivity index (χ0) is 24.2. The molecule has 35 heavy (non-hydrogen) atoms. The molecule has 174 valence electrons. The summed E-state index contributed by atoms with van der Waals surface area (Å²) in [4.78, 5) is 20.3. The first kappa shape index (κ1) is 22.9. The molecule has 1 aliphatic heterocycles. The van der Waals surface area contributed by atoms with Crippen LogP contribution in [0.15, 0.2) is 112 Å². The number of carbonyl (C=O) groups excluding carboxylic acids is 1. The number of hydrogen-bond acceptors (Lipinski definition) is 4. The molecule has 0 aromatic heterocycles. The van der Waals surface area contributed by atoms with Crippen LogP contribution in [0, 0.1) is 0 Å². The third-order valence-corrected chi connectivity index (χ3v) is 7.10. The van der Waals surface area contributed by atoms with Crippen LogP contribution in [-0.4, -0.2) is 17.8 Å². The van der Waals surface area contributed by atoms with Gasteiger partial charge in [-0.2, -0.15) is 0 Å². The minimum atomic E-state index is -0.226. The van der Waals surface area contributed by atoms with Crippen LogP contribution in [0.1, 0.15) is 40.9 Å². The lowest BCUT2D eigenvalue weighted by molar-refractivity contribution is 0.0944. The van der Waals surface area contributed by atoms with Crippen molar-refractivity contribution in [1.82, 2.24) is 5.32 Å². The Morgan fingerprint density at radius 1 is 0.886 bits per heavy atom. The number of amides is 1. The van der Waals surface area contributed by atoms with Gasteiger partial charge in [0, 0.05) is 32.2 Å². The fraction of sp³-hybridized carbons (Fsp3) is 0.133. The van der Waals surface area contributed by atoms with E-state index in [1.165, 1.54) is 5.56 Å². The highest BCUT2D eigenvalue weighted by Crippen LogP contribution is 2.41. The lowest BCUT2D eigenvalue weighted by Crippen LogP contribution is -2.38. The smallest absolute Gasteiger partial charge is 0.252 e. The Morgan fingerprint density at radius 2 is 1.63 bits per heavy atom. The molecule has 0 spiro atoms. The SMILES string of the molecule is CCc1ccc(NC(C)NC(=O)c2ccc3c(c2)N=C(c2ccccc2)c2ccccc2S3)cc1. The van der Waals surface area contributed by atoms with Gasteiger partial charge in [-0.05, 0) is 55.3 Å². The summed E-state index contributed by atoms with van der Waals surface area (Å²) < 4.78 is 0. The summed E-state index contributed by atoms with van der Waals surface area (Å²) in [6.07, 6.45) is 0.777. The number of benzene rings is 4. The Hall–Kier alpha value is -3.83. The van der Waals surface area contributed by atoms with Crippen LogP contribution < -0.4 is 10.6 Å².